The minimum Gasteiger partial charge on any atom is -0.473 e. The van der Waals surface area contributed by atoms with Gasteiger partial charge in [-0.25, -0.2) is 0 Å². The van der Waals surface area contributed by atoms with Crippen LogP contribution in [0.1, 0.15) is 22.3 Å². The Hall–Kier alpha value is -10.3. The van der Waals surface area contributed by atoms with Crippen molar-refractivity contribution in [2.75, 3.05) is 46.5 Å². The monoisotopic (exact) mass is 1070 g/mol. The summed E-state index contributed by atoms with van der Waals surface area (Å²) in [5, 5.41) is 8.72. The van der Waals surface area contributed by atoms with Crippen LogP contribution in [0.5, 0.6) is 46.0 Å². The molecule has 10 nitrogen and oxygen atoms in total. The lowest BCUT2D eigenvalue weighted by atomic mass is 9.92. The van der Waals surface area contributed by atoms with Crippen LogP contribution in [0, 0.1) is 0 Å². The van der Waals surface area contributed by atoms with Crippen molar-refractivity contribution in [1.82, 2.24) is 0 Å². The van der Waals surface area contributed by atoms with Gasteiger partial charge in [-0.3, -0.25) is 0 Å². The number of anilines is 4. The highest BCUT2D eigenvalue weighted by Crippen LogP contribution is 2.46. The van der Waals surface area contributed by atoms with Crippen LogP contribution in [-0.2, 0) is 26.2 Å². The molecule has 0 radical (unpaired) electrons. The lowest BCUT2D eigenvalue weighted by Crippen LogP contribution is -2.32. The first-order chi connectivity index (χ1) is 40.5. The zero-order valence-electron chi connectivity index (χ0n) is 44.8. The molecule has 0 amide bonds. The van der Waals surface area contributed by atoms with Crippen LogP contribution in [0.25, 0.3) is 54.2 Å². The first-order valence-corrected chi connectivity index (χ1v) is 27.9. The van der Waals surface area contributed by atoms with Gasteiger partial charge in [0.1, 0.15) is 46.0 Å². The Morgan fingerprint density at radius 3 is 1.21 bits per heavy atom. The molecule has 0 aromatic heterocycles. The maximum atomic E-state index is 6.86. The molecule has 0 N–H and O–H groups in total. The summed E-state index contributed by atoms with van der Waals surface area (Å²) in [4.78, 5) is 9.09. The van der Waals surface area contributed by atoms with Crippen molar-refractivity contribution in [1.29, 1.82) is 0 Å². The molecule has 0 atom stereocenters. The third-order valence-corrected chi connectivity index (χ3v) is 16.4. The van der Waals surface area contributed by atoms with E-state index in [1.54, 1.807) is 0 Å². The maximum Gasteiger partial charge on any atom is 0.161 e. The molecule has 12 aromatic carbocycles. The molecule has 10 heteroatoms. The number of nitrogens with zero attached hydrogens (tertiary/aromatic N) is 4. The highest BCUT2D eigenvalue weighted by Gasteiger charge is 2.27. The van der Waals surface area contributed by atoms with Gasteiger partial charge in [0.2, 0.25) is 0 Å². The number of benzene rings is 12. The summed E-state index contributed by atoms with van der Waals surface area (Å²) >= 11 is 0. The minimum atomic E-state index is 0.416. The van der Waals surface area contributed by atoms with Gasteiger partial charge in [-0.2, -0.15) is 0 Å². The fraction of sp³-hybridized carbons (Fsp3) is 0.111. The molecule has 398 valence electrons. The number of hydrogen-bond acceptors (Lipinski definition) is 10. The zero-order valence-corrected chi connectivity index (χ0v) is 44.8. The fourth-order valence-electron chi connectivity index (χ4n) is 12.2. The first-order valence-electron chi connectivity index (χ1n) is 27.9. The van der Waals surface area contributed by atoms with Crippen molar-refractivity contribution in [3.63, 3.8) is 0 Å². The molecular formula is C72H54N4O6. The van der Waals surface area contributed by atoms with Crippen molar-refractivity contribution in [2.45, 2.75) is 26.2 Å². The van der Waals surface area contributed by atoms with Crippen LogP contribution in [0.15, 0.2) is 231 Å². The summed E-state index contributed by atoms with van der Waals surface area (Å²) in [5.74, 6) is 6.56. The van der Waals surface area contributed by atoms with E-state index in [9.17, 15) is 0 Å². The van der Waals surface area contributed by atoms with E-state index in [1.807, 2.05) is 36.4 Å². The predicted octanol–water partition coefficient (Wildman–Crippen LogP) is 17.0. The van der Waals surface area contributed by atoms with E-state index in [2.05, 4.69) is 214 Å². The number of fused-ring (bicyclic) bond motifs is 8. The van der Waals surface area contributed by atoms with Crippen molar-refractivity contribution in [2.24, 2.45) is 0 Å². The molecule has 0 fully saturated rings. The smallest absolute Gasteiger partial charge is 0.161 e. The molecule has 82 heavy (non-hydrogen) atoms. The average Bonchev–Trinajstić information content (AvgIpc) is 3.68. The van der Waals surface area contributed by atoms with E-state index in [0.29, 0.717) is 40.0 Å². The van der Waals surface area contributed by atoms with Gasteiger partial charge in [-0.05, 0) is 188 Å². The SMILES string of the molecule is c1ccc(N2COc3cc4cc(Oc5ccc6ccc(Oc7ccc8cc9c(c(-c%10cccc(N%11COc%12cc%13cc%14c(cc%13cc%12C%11)CN(c%11ccccc%11)CO%14)c%10)c8c7)OCN(c7ccccc7)C9)cc6c5)ccc4cc3C2)cc1. The van der Waals surface area contributed by atoms with Gasteiger partial charge in [-0.15, -0.1) is 0 Å². The van der Waals surface area contributed by atoms with E-state index in [0.717, 1.165) is 142 Å². The Bertz CT molecular complexity index is 4460. The lowest BCUT2D eigenvalue weighted by Gasteiger charge is -2.33. The van der Waals surface area contributed by atoms with E-state index in [-0.39, 0.29) is 0 Å². The first kappa shape index (κ1) is 47.7. The van der Waals surface area contributed by atoms with Crippen molar-refractivity contribution in [3.8, 4) is 57.1 Å². The van der Waals surface area contributed by atoms with Crippen LogP contribution in [0.4, 0.5) is 22.7 Å². The van der Waals surface area contributed by atoms with Crippen LogP contribution in [0.3, 0.4) is 0 Å². The van der Waals surface area contributed by atoms with Gasteiger partial charge in [0.15, 0.2) is 26.9 Å². The second-order valence-corrected chi connectivity index (χ2v) is 21.7. The van der Waals surface area contributed by atoms with Crippen LogP contribution < -0.4 is 48.0 Å². The summed E-state index contributed by atoms with van der Waals surface area (Å²) < 4.78 is 39.3. The molecule has 0 bridgehead atoms. The highest BCUT2D eigenvalue weighted by molar-refractivity contribution is 6.02. The molecule has 0 spiro atoms. The zero-order chi connectivity index (χ0) is 54.1. The molecule has 4 aliphatic rings. The molecule has 4 heterocycles. The van der Waals surface area contributed by atoms with Crippen LogP contribution in [0.2, 0.25) is 0 Å². The molecule has 4 aliphatic heterocycles. The molecule has 16 rings (SSSR count). The van der Waals surface area contributed by atoms with Gasteiger partial charge in [0.05, 0.1) is 0 Å². The van der Waals surface area contributed by atoms with Crippen LogP contribution >= 0.6 is 0 Å². The Morgan fingerprint density at radius 2 is 0.671 bits per heavy atom. The topological polar surface area (TPSA) is 68.3 Å². The molecular weight excluding hydrogens is 1020 g/mol. The van der Waals surface area contributed by atoms with Gasteiger partial charge < -0.3 is 48.0 Å². The van der Waals surface area contributed by atoms with E-state index < -0.39 is 0 Å². The normalized spacial score (nSPS) is 14.5. The summed E-state index contributed by atoms with van der Waals surface area (Å²) in [6.07, 6.45) is 0. The van der Waals surface area contributed by atoms with Gasteiger partial charge in [0, 0.05) is 76.7 Å². The number of hydrogen-bond donors (Lipinski definition) is 0. The standard InChI is InChI=1S/C72H54N4O6/c1-4-12-59(13-5-1)73-39-55-27-48-21-25-65(34-53(48)35-68(55)77-43-73)81-63-23-19-47-20-24-64(33-52(47)32-63)82-66-26-22-49-28-58-42-75(61-16-8-3-9-17-61)46-80-72(58)71(67(49)38-66)50-11-10-18-62(31-50)76-41-57-30-51-29-56-40-74(60-14-6-2-7-15-60)44-78-69(56)36-54(51)37-70(57)79-45-76/h1-38H,39-46H2. The Labute approximate surface area is 474 Å². The predicted molar refractivity (Wildman–Crippen MR) is 327 cm³/mol. The third-order valence-electron chi connectivity index (χ3n) is 16.4. The second-order valence-electron chi connectivity index (χ2n) is 21.7. The lowest BCUT2D eigenvalue weighted by molar-refractivity contribution is 0.288. The highest BCUT2D eigenvalue weighted by atomic mass is 16.5. The summed E-state index contributed by atoms with van der Waals surface area (Å²) in [5.41, 5.74) is 11.2. The molecule has 0 saturated carbocycles. The van der Waals surface area contributed by atoms with Gasteiger partial charge in [-0.1, -0.05) is 91.0 Å². The minimum absolute atomic E-state index is 0.416. The van der Waals surface area contributed by atoms with Crippen molar-refractivity contribution in [3.05, 3.63) is 253 Å². The Morgan fingerprint density at radius 1 is 0.280 bits per heavy atom. The Balaban J connectivity index is 0.685. The van der Waals surface area contributed by atoms with E-state index >= 15 is 0 Å². The Kier molecular flexibility index (Phi) is 11.5. The third kappa shape index (κ3) is 8.95. The molecule has 0 unspecified atom stereocenters. The summed E-state index contributed by atoms with van der Waals surface area (Å²) in [6, 6.07) is 80.6. The second kappa shape index (κ2) is 19.8. The number of para-hydroxylation sites is 3. The maximum absolute atomic E-state index is 6.86. The number of rotatable bonds is 9. The van der Waals surface area contributed by atoms with Crippen LogP contribution in [-0.4, -0.2) is 26.9 Å². The quantitative estimate of drug-likeness (QED) is 0.140. The largest absolute Gasteiger partial charge is 0.473 e. The van der Waals surface area contributed by atoms with E-state index in [4.69, 9.17) is 28.4 Å². The van der Waals surface area contributed by atoms with E-state index in [1.165, 1.54) is 16.5 Å². The molecule has 0 aliphatic carbocycles. The van der Waals surface area contributed by atoms with Crippen molar-refractivity contribution >= 4 is 65.8 Å². The summed E-state index contributed by atoms with van der Waals surface area (Å²) in [6.45, 7) is 4.83. The number of ether oxygens (including phenoxy) is 6. The van der Waals surface area contributed by atoms with Crippen molar-refractivity contribution < 1.29 is 28.4 Å². The molecule has 0 saturated heterocycles. The van der Waals surface area contributed by atoms with Gasteiger partial charge in [0.25, 0.3) is 0 Å². The molecule has 12 aromatic rings. The summed E-state index contributed by atoms with van der Waals surface area (Å²) in [7, 11) is 0. The average molecular weight is 1070 g/mol. The fourth-order valence-corrected chi connectivity index (χ4v) is 12.2. The van der Waals surface area contributed by atoms with Gasteiger partial charge >= 0.3 is 0 Å².